The van der Waals surface area contributed by atoms with E-state index in [9.17, 15) is 0 Å². The van der Waals surface area contributed by atoms with Gasteiger partial charge in [-0.2, -0.15) is 5.10 Å². The zero-order valence-corrected chi connectivity index (χ0v) is 6.16. The summed E-state index contributed by atoms with van der Waals surface area (Å²) in [6.45, 7) is 0. The normalized spacial score (nSPS) is 24.0. The highest BCUT2D eigenvalue weighted by Crippen LogP contribution is 2.29. The van der Waals surface area contributed by atoms with Gasteiger partial charge in [0.1, 0.15) is 5.84 Å². The fourth-order valence-electron chi connectivity index (χ4n) is 0.838. The molecule has 0 unspecified atom stereocenters. The minimum Gasteiger partial charge on any atom is -0.284 e. The highest BCUT2D eigenvalue weighted by Gasteiger charge is 2.29. The first-order valence-corrected chi connectivity index (χ1v) is 3.66. The summed E-state index contributed by atoms with van der Waals surface area (Å²) in [6.07, 6.45) is 2.48. The average Bonchev–Trinajstić information content (AvgIpc) is 2.71. The molecule has 1 fully saturated rings. The molecule has 0 atom stereocenters. The topological polar surface area (TPSA) is 48.5 Å². The Balaban J connectivity index is 2.02. The summed E-state index contributed by atoms with van der Waals surface area (Å²) < 4.78 is 0. The summed E-state index contributed by atoms with van der Waals surface area (Å²) in [5, 5.41) is 4.56. The molecule has 4 nitrogen and oxygen atoms in total. The molecule has 0 amide bonds. The lowest BCUT2D eigenvalue weighted by Gasteiger charge is -2.16. The van der Waals surface area contributed by atoms with Gasteiger partial charge in [0.15, 0.2) is 0 Å². The van der Waals surface area contributed by atoms with Crippen LogP contribution in [0.4, 0.5) is 0 Å². The number of rotatable bonds is 1. The number of nitrogens with zero attached hydrogens (tertiary/aromatic N) is 1. The lowest BCUT2D eigenvalue weighted by molar-refractivity contribution is 0.746. The standard InChI is InChI=1S/C5H8N4S/c10-5-8-6-4(7-9-5)3-1-2-3/h3H,1-2H2,(H,6,7)(H2,8,9,10). The quantitative estimate of drug-likeness (QED) is 0.456. The van der Waals surface area contributed by atoms with Crippen molar-refractivity contribution in [1.82, 2.24) is 16.3 Å². The molecule has 2 rings (SSSR count). The molecule has 0 aromatic rings. The number of thiocarbonyl (C=S) groups is 1. The Labute approximate surface area is 64.0 Å². The Morgan fingerprint density at radius 1 is 1.40 bits per heavy atom. The van der Waals surface area contributed by atoms with E-state index in [0.717, 1.165) is 5.84 Å². The van der Waals surface area contributed by atoms with Crippen LogP contribution in [0.3, 0.4) is 0 Å². The van der Waals surface area contributed by atoms with Crippen molar-refractivity contribution in [2.24, 2.45) is 11.0 Å². The second kappa shape index (κ2) is 2.09. The smallest absolute Gasteiger partial charge is 0.205 e. The van der Waals surface area contributed by atoms with E-state index >= 15 is 0 Å². The number of amidine groups is 1. The van der Waals surface area contributed by atoms with Crippen LogP contribution in [0.2, 0.25) is 0 Å². The first-order chi connectivity index (χ1) is 4.86. The van der Waals surface area contributed by atoms with E-state index in [4.69, 9.17) is 12.2 Å². The van der Waals surface area contributed by atoms with E-state index in [-0.39, 0.29) is 0 Å². The molecule has 54 valence electrons. The highest BCUT2D eigenvalue weighted by molar-refractivity contribution is 7.80. The summed E-state index contributed by atoms with van der Waals surface area (Å²) in [7, 11) is 0. The molecule has 0 aromatic heterocycles. The van der Waals surface area contributed by atoms with Crippen molar-refractivity contribution in [2.45, 2.75) is 12.8 Å². The minimum atomic E-state index is 0.532. The van der Waals surface area contributed by atoms with Crippen molar-refractivity contribution in [2.75, 3.05) is 0 Å². The van der Waals surface area contributed by atoms with Crippen LogP contribution in [0.25, 0.3) is 0 Å². The number of hydrazine groups is 1. The van der Waals surface area contributed by atoms with E-state index in [2.05, 4.69) is 21.4 Å². The molecular formula is C5H8N4S. The lowest BCUT2D eigenvalue weighted by atomic mass is 10.4. The van der Waals surface area contributed by atoms with Gasteiger partial charge >= 0.3 is 0 Å². The molecule has 1 saturated carbocycles. The van der Waals surface area contributed by atoms with Crippen molar-refractivity contribution in [3.05, 3.63) is 0 Å². The molecule has 10 heavy (non-hydrogen) atoms. The van der Waals surface area contributed by atoms with Crippen LogP contribution in [0.5, 0.6) is 0 Å². The summed E-state index contributed by atoms with van der Waals surface area (Å²) >= 11 is 4.77. The molecule has 1 aliphatic heterocycles. The van der Waals surface area contributed by atoms with Gasteiger partial charge in [-0.25, -0.2) is 0 Å². The number of nitrogens with one attached hydrogen (secondary N) is 3. The van der Waals surface area contributed by atoms with Gasteiger partial charge in [-0.15, -0.1) is 0 Å². The van der Waals surface area contributed by atoms with Crippen LogP contribution in [-0.4, -0.2) is 10.9 Å². The molecule has 1 aliphatic carbocycles. The van der Waals surface area contributed by atoms with Crippen LogP contribution in [-0.2, 0) is 0 Å². The van der Waals surface area contributed by atoms with Gasteiger partial charge in [-0.05, 0) is 25.1 Å². The summed E-state index contributed by atoms with van der Waals surface area (Å²) in [4.78, 5) is 0. The fourth-order valence-corrected chi connectivity index (χ4v) is 0.934. The SMILES string of the molecule is S=C1NN=C(C2CC2)NN1. The Hall–Kier alpha value is -0.840. The van der Waals surface area contributed by atoms with Gasteiger partial charge in [0.05, 0.1) is 0 Å². The van der Waals surface area contributed by atoms with E-state index < -0.39 is 0 Å². The largest absolute Gasteiger partial charge is 0.284 e. The third kappa shape index (κ3) is 1.04. The summed E-state index contributed by atoms with van der Waals surface area (Å²) in [6, 6.07) is 0. The van der Waals surface area contributed by atoms with E-state index in [1.54, 1.807) is 0 Å². The predicted octanol–water partition coefficient (Wildman–Crippen LogP) is -0.308. The second-order valence-electron chi connectivity index (χ2n) is 2.46. The summed E-state index contributed by atoms with van der Waals surface area (Å²) in [5.41, 5.74) is 8.42. The monoisotopic (exact) mass is 156 g/mol. The molecular weight excluding hydrogens is 148 g/mol. The third-order valence-corrected chi connectivity index (χ3v) is 1.74. The maximum atomic E-state index is 4.77. The average molecular weight is 156 g/mol. The van der Waals surface area contributed by atoms with Gasteiger partial charge < -0.3 is 0 Å². The second-order valence-corrected chi connectivity index (χ2v) is 2.87. The molecule has 1 heterocycles. The molecule has 2 aliphatic rings. The number of hydrogen-bond acceptors (Lipinski definition) is 3. The van der Waals surface area contributed by atoms with Crippen LogP contribution >= 0.6 is 12.2 Å². The molecule has 0 spiro atoms. The lowest BCUT2D eigenvalue weighted by Crippen LogP contribution is -2.51. The van der Waals surface area contributed by atoms with Crippen molar-refractivity contribution in [1.29, 1.82) is 0 Å². The van der Waals surface area contributed by atoms with E-state index in [1.165, 1.54) is 12.8 Å². The zero-order chi connectivity index (χ0) is 6.97. The Morgan fingerprint density at radius 3 is 2.70 bits per heavy atom. The van der Waals surface area contributed by atoms with Crippen LogP contribution < -0.4 is 16.3 Å². The van der Waals surface area contributed by atoms with Gasteiger partial charge in [-0.3, -0.25) is 16.3 Å². The van der Waals surface area contributed by atoms with Crippen molar-refractivity contribution < 1.29 is 0 Å². The van der Waals surface area contributed by atoms with Crippen LogP contribution in [0, 0.1) is 5.92 Å². The van der Waals surface area contributed by atoms with Crippen LogP contribution in [0.15, 0.2) is 5.10 Å². The molecule has 0 bridgehead atoms. The third-order valence-electron chi connectivity index (χ3n) is 1.55. The Bertz CT molecular complexity index is 196. The number of hydrogen-bond donors (Lipinski definition) is 3. The molecule has 3 N–H and O–H groups in total. The highest BCUT2D eigenvalue weighted by atomic mass is 32.1. The minimum absolute atomic E-state index is 0.532. The maximum Gasteiger partial charge on any atom is 0.205 e. The van der Waals surface area contributed by atoms with Crippen molar-refractivity contribution >= 4 is 23.2 Å². The molecule has 0 aromatic carbocycles. The molecule has 5 heteroatoms. The predicted molar refractivity (Wildman–Crippen MR) is 42.2 cm³/mol. The van der Waals surface area contributed by atoms with Crippen molar-refractivity contribution in [3.63, 3.8) is 0 Å². The van der Waals surface area contributed by atoms with Gasteiger partial charge in [0, 0.05) is 5.92 Å². The summed E-state index contributed by atoms with van der Waals surface area (Å²) in [5.74, 6) is 1.61. The van der Waals surface area contributed by atoms with Crippen molar-refractivity contribution in [3.8, 4) is 0 Å². The Kier molecular flexibility index (Phi) is 1.23. The zero-order valence-electron chi connectivity index (χ0n) is 5.35. The molecule has 0 radical (unpaired) electrons. The first-order valence-electron chi connectivity index (χ1n) is 3.26. The maximum absolute atomic E-state index is 4.77. The first kappa shape index (κ1) is 5.91. The van der Waals surface area contributed by atoms with Crippen LogP contribution in [0.1, 0.15) is 12.8 Å². The van der Waals surface area contributed by atoms with Gasteiger partial charge in [0.25, 0.3) is 0 Å². The van der Waals surface area contributed by atoms with E-state index in [1.807, 2.05) is 0 Å². The van der Waals surface area contributed by atoms with E-state index in [0.29, 0.717) is 11.0 Å². The van der Waals surface area contributed by atoms with Gasteiger partial charge in [-0.1, -0.05) is 0 Å². The Morgan fingerprint density at radius 2 is 2.20 bits per heavy atom. The molecule has 0 saturated heterocycles. The number of hydrazone groups is 1. The van der Waals surface area contributed by atoms with Gasteiger partial charge in [0.2, 0.25) is 5.11 Å². The fraction of sp³-hybridized carbons (Fsp3) is 0.600.